The van der Waals surface area contributed by atoms with E-state index in [0.717, 1.165) is 10.2 Å². The second-order valence-corrected chi connectivity index (χ2v) is 8.69. The molecule has 0 spiro atoms. The zero-order chi connectivity index (χ0) is 21.7. The molecule has 0 unspecified atom stereocenters. The molecule has 0 atom stereocenters. The zero-order valence-corrected chi connectivity index (χ0v) is 16.3. The van der Waals surface area contributed by atoms with Crippen molar-refractivity contribution in [2.24, 2.45) is 0 Å². The fourth-order valence-corrected chi connectivity index (χ4v) is 3.55. The molecule has 1 aromatic heterocycles. The molecule has 2 heterocycles. The predicted octanol–water partition coefficient (Wildman–Crippen LogP) is 2.90. The van der Waals surface area contributed by atoms with Gasteiger partial charge in [-0.1, -0.05) is 31.2 Å². The molecule has 0 aliphatic carbocycles. The van der Waals surface area contributed by atoms with Crippen molar-refractivity contribution in [3.63, 3.8) is 0 Å². The van der Waals surface area contributed by atoms with Crippen LogP contribution in [0.25, 0.3) is 16.5 Å². The van der Waals surface area contributed by atoms with Crippen molar-refractivity contribution in [2.45, 2.75) is 17.8 Å². The second kappa shape index (κ2) is 6.81. The maximum absolute atomic E-state index is 12.8. The van der Waals surface area contributed by atoms with E-state index < -0.39 is 27.1 Å². The number of ether oxygens (including phenoxy) is 1. The molecule has 1 saturated heterocycles. The van der Waals surface area contributed by atoms with Gasteiger partial charge in [0.2, 0.25) is 0 Å². The highest BCUT2D eigenvalue weighted by Crippen LogP contribution is 2.32. The first kappa shape index (κ1) is 20.4. The lowest BCUT2D eigenvalue weighted by molar-refractivity contribution is -0.0501. The van der Waals surface area contributed by atoms with Gasteiger partial charge in [-0.25, -0.2) is 0 Å². The third-order valence-electron chi connectivity index (χ3n) is 4.89. The number of aromatic nitrogens is 2. The Kier molecular flexibility index (Phi) is 4.62. The van der Waals surface area contributed by atoms with Gasteiger partial charge in [0, 0.05) is 5.41 Å². The molecule has 2 aromatic carbocycles. The van der Waals surface area contributed by atoms with E-state index in [1.54, 1.807) is 24.3 Å². The molecule has 0 N–H and O–H groups in total. The van der Waals surface area contributed by atoms with E-state index in [2.05, 4.69) is 9.28 Å². The minimum atomic E-state index is -5.97. The van der Waals surface area contributed by atoms with E-state index in [0.29, 0.717) is 13.2 Å². The van der Waals surface area contributed by atoms with Crippen LogP contribution in [-0.4, -0.2) is 36.9 Å². The summed E-state index contributed by atoms with van der Waals surface area (Å²) in [7, 11) is -5.97. The van der Waals surface area contributed by atoms with Crippen molar-refractivity contribution >= 4 is 20.9 Å². The van der Waals surface area contributed by atoms with Crippen LogP contribution in [-0.2, 0) is 20.3 Å². The molecule has 3 aromatic rings. The van der Waals surface area contributed by atoms with Crippen LogP contribution in [0.3, 0.4) is 0 Å². The summed E-state index contributed by atoms with van der Waals surface area (Å²) in [6.07, 6.45) is 0. The Bertz CT molecular complexity index is 1280. The van der Waals surface area contributed by atoms with Crippen molar-refractivity contribution in [3.8, 4) is 11.6 Å². The largest absolute Gasteiger partial charge is 0.534 e. The quantitative estimate of drug-likeness (QED) is 0.458. The first-order chi connectivity index (χ1) is 14.0. The van der Waals surface area contributed by atoms with Crippen LogP contribution < -0.4 is 9.74 Å². The summed E-state index contributed by atoms with van der Waals surface area (Å²) in [5.41, 5.74) is -5.23. The van der Waals surface area contributed by atoms with Crippen molar-refractivity contribution in [2.75, 3.05) is 13.2 Å². The predicted molar refractivity (Wildman–Crippen MR) is 101 cm³/mol. The van der Waals surface area contributed by atoms with Crippen LogP contribution >= 0.6 is 0 Å². The number of hydrogen-bond acceptors (Lipinski definition) is 6. The number of alkyl halides is 3. The Morgan fingerprint density at radius 3 is 2.20 bits per heavy atom. The summed E-state index contributed by atoms with van der Waals surface area (Å²) in [6.45, 7) is 3.11. The lowest BCUT2D eigenvalue weighted by Gasteiger charge is -2.38. The Balaban J connectivity index is 1.85. The molecule has 1 aliphatic rings. The third kappa shape index (κ3) is 3.33. The normalized spacial score (nSPS) is 16.3. The first-order valence-corrected chi connectivity index (χ1v) is 10.1. The second-order valence-electron chi connectivity index (χ2n) is 7.15. The fourth-order valence-electron chi connectivity index (χ4n) is 3.13. The van der Waals surface area contributed by atoms with E-state index in [9.17, 15) is 26.4 Å². The summed E-state index contributed by atoms with van der Waals surface area (Å²) < 4.78 is 71.7. The van der Waals surface area contributed by atoms with Crippen LogP contribution in [0.1, 0.15) is 12.5 Å². The lowest BCUT2D eigenvalue weighted by Crippen LogP contribution is -2.43. The molecule has 11 heteroatoms. The summed E-state index contributed by atoms with van der Waals surface area (Å²) in [4.78, 5) is 12.8. The SMILES string of the molecule is CC1(c2ccc(-n3nc(OS(=O)(=O)C(F)(F)F)c4ccccc4c3=O)cc2)COC1. The number of nitrogens with zero attached hydrogens (tertiary/aromatic N) is 2. The van der Waals surface area contributed by atoms with Gasteiger partial charge in [-0.05, 0) is 29.8 Å². The summed E-state index contributed by atoms with van der Waals surface area (Å²) in [6, 6.07) is 12.2. The average molecular weight is 440 g/mol. The first-order valence-electron chi connectivity index (χ1n) is 8.73. The average Bonchev–Trinajstić information content (AvgIpc) is 2.67. The van der Waals surface area contributed by atoms with E-state index in [1.165, 1.54) is 24.3 Å². The molecule has 4 rings (SSSR count). The van der Waals surface area contributed by atoms with Crippen molar-refractivity contribution in [1.82, 2.24) is 9.78 Å². The minimum absolute atomic E-state index is 0.0386. The van der Waals surface area contributed by atoms with E-state index in [-0.39, 0.29) is 21.9 Å². The van der Waals surface area contributed by atoms with Gasteiger partial charge in [0.05, 0.1) is 29.7 Å². The smallest absolute Gasteiger partial charge is 0.379 e. The van der Waals surface area contributed by atoms with Crippen molar-refractivity contribution in [3.05, 3.63) is 64.4 Å². The number of rotatable bonds is 4. The number of fused-ring (bicyclic) bond motifs is 1. The Hall–Kier alpha value is -2.92. The van der Waals surface area contributed by atoms with Gasteiger partial charge < -0.3 is 8.92 Å². The molecule has 158 valence electrons. The van der Waals surface area contributed by atoms with E-state index in [1.807, 2.05) is 6.92 Å². The van der Waals surface area contributed by atoms with Gasteiger partial charge in [0.1, 0.15) is 0 Å². The zero-order valence-electron chi connectivity index (χ0n) is 15.5. The highest BCUT2D eigenvalue weighted by atomic mass is 32.2. The molecule has 0 bridgehead atoms. The molecule has 1 fully saturated rings. The molecule has 30 heavy (non-hydrogen) atoms. The molecule has 7 nitrogen and oxygen atoms in total. The van der Waals surface area contributed by atoms with Crippen LogP contribution in [0, 0.1) is 0 Å². The molecular formula is C19H15F3N2O5S. The van der Waals surface area contributed by atoms with Crippen LogP contribution in [0.15, 0.2) is 53.3 Å². The Labute approximate surface area is 168 Å². The van der Waals surface area contributed by atoms with Crippen LogP contribution in [0.5, 0.6) is 5.88 Å². The van der Waals surface area contributed by atoms with Gasteiger partial charge in [-0.2, -0.15) is 26.3 Å². The van der Waals surface area contributed by atoms with Crippen LogP contribution in [0.2, 0.25) is 0 Å². The fraction of sp³-hybridized carbons (Fsp3) is 0.263. The standard InChI is InChI=1S/C19H15F3N2O5S/c1-18(10-28-11-18)12-6-8-13(9-7-12)24-17(25)15-5-3-2-4-14(15)16(23-24)29-30(26,27)19(20,21)22/h2-9H,10-11H2,1H3. The lowest BCUT2D eigenvalue weighted by atomic mass is 9.81. The minimum Gasteiger partial charge on any atom is -0.379 e. The summed E-state index contributed by atoms with van der Waals surface area (Å²) in [5.74, 6) is -0.842. The maximum atomic E-state index is 12.8. The summed E-state index contributed by atoms with van der Waals surface area (Å²) in [5, 5.41) is 3.58. The topological polar surface area (TPSA) is 87.5 Å². The van der Waals surface area contributed by atoms with Crippen molar-refractivity contribution < 1.29 is 30.5 Å². The molecule has 0 radical (unpaired) electrons. The third-order valence-corrected chi connectivity index (χ3v) is 5.84. The number of halogens is 3. The highest BCUT2D eigenvalue weighted by molar-refractivity contribution is 7.88. The number of benzene rings is 2. The van der Waals surface area contributed by atoms with Gasteiger partial charge in [-0.15, -0.1) is 5.10 Å². The van der Waals surface area contributed by atoms with Gasteiger partial charge in [0.15, 0.2) is 0 Å². The van der Waals surface area contributed by atoms with Gasteiger partial charge >= 0.3 is 15.6 Å². The Morgan fingerprint density at radius 1 is 1.07 bits per heavy atom. The monoisotopic (exact) mass is 440 g/mol. The maximum Gasteiger partial charge on any atom is 0.534 e. The molecular weight excluding hydrogens is 425 g/mol. The van der Waals surface area contributed by atoms with Gasteiger partial charge in [0.25, 0.3) is 11.4 Å². The van der Waals surface area contributed by atoms with Gasteiger partial charge in [-0.3, -0.25) is 4.79 Å². The van der Waals surface area contributed by atoms with E-state index in [4.69, 9.17) is 4.74 Å². The number of hydrogen-bond donors (Lipinski definition) is 0. The van der Waals surface area contributed by atoms with Crippen molar-refractivity contribution in [1.29, 1.82) is 0 Å². The molecule has 1 aliphatic heterocycles. The Morgan fingerprint density at radius 2 is 1.67 bits per heavy atom. The highest BCUT2D eigenvalue weighted by Gasteiger charge is 2.49. The summed E-state index contributed by atoms with van der Waals surface area (Å²) >= 11 is 0. The molecule has 0 amide bonds. The van der Waals surface area contributed by atoms with Crippen LogP contribution in [0.4, 0.5) is 13.2 Å². The molecule has 0 saturated carbocycles. The van der Waals surface area contributed by atoms with E-state index >= 15 is 0 Å².